The zero-order valence-electron chi connectivity index (χ0n) is 11.5. The van der Waals surface area contributed by atoms with E-state index in [0.717, 1.165) is 17.7 Å². The number of aliphatic hydroxyl groups excluding tert-OH is 1. The summed E-state index contributed by atoms with van der Waals surface area (Å²) in [4.78, 5) is 0. The van der Waals surface area contributed by atoms with E-state index in [1.54, 1.807) is 0 Å². The van der Waals surface area contributed by atoms with Gasteiger partial charge in [-0.25, -0.2) is 0 Å². The molecule has 0 saturated heterocycles. The van der Waals surface area contributed by atoms with Crippen LogP contribution in [0.3, 0.4) is 0 Å². The Hall–Kier alpha value is -1.56. The number of aliphatic hydroxyl groups is 1. The molecule has 1 aliphatic rings. The molecule has 1 aliphatic heterocycles. The maximum atomic E-state index is 10.1. The highest BCUT2D eigenvalue weighted by atomic mass is 16.7. The normalized spacial score (nSPS) is 14.2. The highest BCUT2D eigenvalue weighted by Crippen LogP contribution is 2.33. The van der Waals surface area contributed by atoms with Gasteiger partial charge in [-0.1, -0.05) is 12.1 Å². The van der Waals surface area contributed by atoms with E-state index in [9.17, 15) is 5.11 Å². The first-order valence-electron chi connectivity index (χ1n) is 6.78. The molecule has 1 unspecified atom stereocenters. The van der Waals surface area contributed by atoms with Gasteiger partial charge in [-0.05, 0) is 24.1 Å². The summed E-state index contributed by atoms with van der Waals surface area (Å²) in [6.45, 7) is 6.37. The molecule has 0 bridgehead atoms. The summed E-state index contributed by atoms with van der Waals surface area (Å²) in [7, 11) is 0. The minimum absolute atomic E-state index is 0.245. The summed E-state index contributed by atoms with van der Waals surface area (Å²) in [5.74, 6) is 1.42. The zero-order valence-corrected chi connectivity index (χ0v) is 11.5. The summed E-state index contributed by atoms with van der Waals surface area (Å²) >= 11 is 0. The number of rotatable bonds is 9. The van der Waals surface area contributed by atoms with Crippen molar-refractivity contribution in [3.8, 4) is 11.5 Å². The second-order valence-corrected chi connectivity index (χ2v) is 4.52. The van der Waals surface area contributed by atoms with Gasteiger partial charge in [0, 0.05) is 13.1 Å². The fraction of sp³-hybridized carbons (Fsp3) is 0.467. The molecule has 0 spiro atoms. The predicted octanol–water partition coefficient (Wildman–Crippen LogP) is 1.63. The fourth-order valence-electron chi connectivity index (χ4n) is 1.89. The third kappa shape index (κ3) is 4.23. The summed E-state index contributed by atoms with van der Waals surface area (Å²) in [5, 5.41) is 13.2. The van der Waals surface area contributed by atoms with Crippen molar-refractivity contribution in [3.63, 3.8) is 0 Å². The topological polar surface area (TPSA) is 60.0 Å². The van der Waals surface area contributed by atoms with Crippen LogP contribution in [0.1, 0.15) is 18.1 Å². The van der Waals surface area contributed by atoms with Crippen molar-refractivity contribution in [1.82, 2.24) is 5.32 Å². The average Bonchev–Trinajstić information content (AvgIpc) is 2.93. The molecule has 0 radical (unpaired) electrons. The molecule has 110 valence electrons. The van der Waals surface area contributed by atoms with Gasteiger partial charge in [0.25, 0.3) is 0 Å². The third-order valence-corrected chi connectivity index (χ3v) is 3.01. The summed E-state index contributed by atoms with van der Waals surface area (Å²) in [6, 6.07) is 5.48. The Labute approximate surface area is 119 Å². The van der Waals surface area contributed by atoms with Crippen molar-refractivity contribution in [2.75, 3.05) is 33.1 Å². The van der Waals surface area contributed by atoms with Crippen molar-refractivity contribution < 1.29 is 19.3 Å². The second-order valence-electron chi connectivity index (χ2n) is 4.52. The predicted molar refractivity (Wildman–Crippen MR) is 76.0 cm³/mol. The Balaban J connectivity index is 1.67. The summed E-state index contributed by atoms with van der Waals surface area (Å²) in [5.41, 5.74) is 0.814. The molecule has 0 amide bonds. The van der Waals surface area contributed by atoms with E-state index in [0.29, 0.717) is 32.1 Å². The molecule has 0 fully saturated rings. The second kappa shape index (κ2) is 7.89. The molecule has 1 aromatic rings. The highest BCUT2D eigenvalue weighted by molar-refractivity contribution is 5.45. The third-order valence-electron chi connectivity index (χ3n) is 3.01. The van der Waals surface area contributed by atoms with Gasteiger partial charge < -0.3 is 24.6 Å². The molecule has 20 heavy (non-hydrogen) atoms. The Morgan fingerprint density at radius 1 is 1.35 bits per heavy atom. The van der Waals surface area contributed by atoms with Gasteiger partial charge in [-0.2, -0.15) is 0 Å². The SMILES string of the molecule is C=CCCOCCNCC(O)c1ccc2c(c1)OCO2. The van der Waals surface area contributed by atoms with Gasteiger partial charge in [0.1, 0.15) is 0 Å². The molecule has 0 aliphatic carbocycles. The minimum Gasteiger partial charge on any atom is -0.454 e. The molecule has 2 rings (SSSR count). The van der Waals surface area contributed by atoms with Gasteiger partial charge in [0.2, 0.25) is 6.79 Å². The number of hydrogen-bond donors (Lipinski definition) is 2. The number of hydrogen-bond acceptors (Lipinski definition) is 5. The zero-order chi connectivity index (χ0) is 14.2. The lowest BCUT2D eigenvalue weighted by atomic mass is 10.1. The van der Waals surface area contributed by atoms with Crippen molar-refractivity contribution >= 4 is 0 Å². The van der Waals surface area contributed by atoms with E-state index in [-0.39, 0.29) is 6.79 Å². The van der Waals surface area contributed by atoms with Crippen LogP contribution in [0.5, 0.6) is 11.5 Å². The van der Waals surface area contributed by atoms with E-state index in [1.807, 2.05) is 24.3 Å². The standard InChI is InChI=1S/C15H21NO4/c1-2-3-7-18-8-6-16-10-13(17)12-4-5-14-15(9-12)20-11-19-14/h2,4-5,9,13,16-17H,1,3,6-8,10-11H2. The molecular weight excluding hydrogens is 258 g/mol. The maximum absolute atomic E-state index is 10.1. The first kappa shape index (κ1) is 14.8. The highest BCUT2D eigenvalue weighted by Gasteiger charge is 2.16. The minimum atomic E-state index is -0.572. The van der Waals surface area contributed by atoms with Gasteiger partial charge in [-0.15, -0.1) is 6.58 Å². The first-order chi connectivity index (χ1) is 9.81. The van der Waals surface area contributed by atoms with E-state index < -0.39 is 6.10 Å². The van der Waals surface area contributed by atoms with E-state index in [1.165, 1.54) is 0 Å². The van der Waals surface area contributed by atoms with Crippen LogP contribution < -0.4 is 14.8 Å². The lowest BCUT2D eigenvalue weighted by molar-refractivity contribution is 0.131. The van der Waals surface area contributed by atoms with Crippen molar-refractivity contribution in [2.45, 2.75) is 12.5 Å². The van der Waals surface area contributed by atoms with Crippen LogP contribution in [0, 0.1) is 0 Å². The summed E-state index contributed by atoms with van der Waals surface area (Å²) < 4.78 is 15.9. The van der Waals surface area contributed by atoms with Gasteiger partial charge in [-0.3, -0.25) is 0 Å². The number of fused-ring (bicyclic) bond motifs is 1. The number of nitrogens with one attached hydrogen (secondary N) is 1. The van der Waals surface area contributed by atoms with Gasteiger partial charge in [0.05, 0.1) is 19.3 Å². The molecular formula is C15H21NO4. The van der Waals surface area contributed by atoms with Crippen LogP contribution in [0.4, 0.5) is 0 Å². The van der Waals surface area contributed by atoms with Crippen LogP contribution in [0.25, 0.3) is 0 Å². The van der Waals surface area contributed by atoms with Crippen molar-refractivity contribution in [2.24, 2.45) is 0 Å². The van der Waals surface area contributed by atoms with Crippen LogP contribution in [-0.4, -0.2) is 38.2 Å². The van der Waals surface area contributed by atoms with Crippen LogP contribution in [0.2, 0.25) is 0 Å². The molecule has 5 nitrogen and oxygen atoms in total. The van der Waals surface area contributed by atoms with E-state index >= 15 is 0 Å². The van der Waals surface area contributed by atoms with Crippen LogP contribution in [-0.2, 0) is 4.74 Å². The fourth-order valence-corrected chi connectivity index (χ4v) is 1.89. The van der Waals surface area contributed by atoms with E-state index in [2.05, 4.69) is 11.9 Å². The van der Waals surface area contributed by atoms with Crippen molar-refractivity contribution in [3.05, 3.63) is 36.4 Å². The molecule has 1 heterocycles. The first-order valence-corrected chi connectivity index (χ1v) is 6.78. The largest absolute Gasteiger partial charge is 0.454 e. The smallest absolute Gasteiger partial charge is 0.231 e. The van der Waals surface area contributed by atoms with E-state index in [4.69, 9.17) is 14.2 Å². The summed E-state index contributed by atoms with van der Waals surface area (Å²) in [6.07, 6.45) is 2.12. The van der Waals surface area contributed by atoms with Gasteiger partial charge >= 0.3 is 0 Å². The van der Waals surface area contributed by atoms with Gasteiger partial charge in [0.15, 0.2) is 11.5 Å². The monoisotopic (exact) mass is 279 g/mol. The quantitative estimate of drug-likeness (QED) is 0.531. The average molecular weight is 279 g/mol. The Morgan fingerprint density at radius 3 is 3.05 bits per heavy atom. The lowest BCUT2D eigenvalue weighted by Gasteiger charge is -2.12. The number of ether oxygens (including phenoxy) is 3. The number of benzene rings is 1. The Bertz CT molecular complexity index is 436. The Morgan fingerprint density at radius 2 is 2.20 bits per heavy atom. The molecule has 5 heteroatoms. The van der Waals surface area contributed by atoms with Crippen LogP contribution >= 0.6 is 0 Å². The molecule has 0 aromatic heterocycles. The van der Waals surface area contributed by atoms with Crippen LogP contribution in [0.15, 0.2) is 30.9 Å². The lowest BCUT2D eigenvalue weighted by Crippen LogP contribution is -2.25. The maximum Gasteiger partial charge on any atom is 0.231 e. The molecule has 1 aromatic carbocycles. The molecule has 1 atom stereocenters. The molecule has 0 saturated carbocycles. The molecule has 2 N–H and O–H groups in total. The Kier molecular flexibility index (Phi) is 5.86. The van der Waals surface area contributed by atoms with Crippen molar-refractivity contribution in [1.29, 1.82) is 0 Å².